The second kappa shape index (κ2) is 6.24. The molecular formula is C12H15FN2O4. The van der Waals surface area contributed by atoms with E-state index in [0.717, 1.165) is 18.2 Å². The van der Waals surface area contributed by atoms with E-state index < -0.39 is 28.4 Å². The molecule has 7 heteroatoms. The number of aliphatic hydroxyl groups is 1. The zero-order valence-electron chi connectivity index (χ0n) is 10.7. The van der Waals surface area contributed by atoms with Crippen molar-refractivity contribution >= 4 is 11.6 Å². The standard InChI is InChI=1S/C12H15FN2O4/c1-8(16)5-6-14(2)12(17)10-4-3-9(13)7-11(10)15(18)19/h3-4,7-8,16H,5-6H2,1-2H3. The molecule has 1 unspecified atom stereocenters. The first-order valence-corrected chi connectivity index (χ1v) is 5.70. The molecule has 0 fully saturated rings. The molecule has 0 aliphatic rings. The highest BCUT2D eigenvalue weighted by Gasteiger charge is 2.23. The molecule has 0 saturated heterocycles. The van der Waals surface area contributed by atoms with Gasteiger partial charge in [-0.1, -0.05) is 0 Å². The van der Waals surface area contributed by atoms with Crippen molar-refractivity contribution in [2.24, 2.45) is 0 Å². The Bertz CT molecular complexity index is 491. The Morgan fingerprint density at radius 1 is 1.58 bits per heavy atom. The van der Waals surface area contributed by atoms with Gasteiger partial charge in [0.05, 0.1) is 17.1 Å². The normalized spacial score (nSPS) is 12.0. The van der Waals surface area contributed by atoms with Gasteiger partial charge in [0, 0.05) is 13.6 Å². The van der Waals surface area contributed by atoms with Gasteiger partial charge in [0.25, 0.3) is 11.6 Å². The van der Waals surface area contributed by atoms with Crippen molar-refractivity contribution in [2.45, 2.75) is 19.4 Å². The van der Waals surface area contributed by atoms with Crippen LogP contribution in [0.1, 0.15) is 23.7 Å². The van der Waals surface area contributed by atoms with E-state index in [1.165, 1.54) is 11.9 Å². The van der Waals surface area contributed by atoms with Crippen LogP contribution in [0, 0.1) is 15.9 Å². The molecule has 1 rings (SSSR count). The minimum absolute atomic E-state index is 0.167. The van der Waals surface area contributed by atoms with Crippen molar-refractivity contribution in [1.29, 1.82) is 0 Å². The largest absolute Gasteiger partial charge is 0.393 e. The number of hydrogen-bond donors (Lipinski definition) is 1. The van der Waals surface area contributed by atoms with Crippen LogP contribution in [0.2, 0.25) is 0 Å². The Kier molecular flexibility index (Phi) is 4.94. The van der Waals surface area contributed by atoms with E-state index in [-0.39, 0.29) is 12.1 Å². The maximum absolute atomic E-state index is 13.0. The van der Waals surface area contributed by atoms with Crippen LogP contribution in [-0.2, 0) is 0 Å². The first-order valence-electron chi connectivity index (χ1n) is 5.70. The monoisotopic (exact) mass is 270 g/mol. The second-order valence-corrected chi connectivity index (χ2v) is 4.28. The molecule has 0 aliphatic carbocycles. The average molecular weight is 270 g/mol. The van der Waals surface area contributed by atoms with Crippen LogP contribution in [-0.4, -0.2) is 40.5 Å². The van der Waals surface area contributed by atoms with Crippen LogP contribution in [0.4, 0.5) is 10.1 Å². The van der Waals surface area contributed by atoms with Gasteiger partial charge < -0.3 is 10.0 Å². The molecule has 1 aromatic carbocycles. The molecule has 1 N–H and O–H groups in total. The number of aliphatic hydroxyl groups excluding tert-OH is 1. The van der Waals surface area contributed by atoms with Crippen LogP contribution in [0.25, 0.3) is 0 Å². The van der Waals surface area contributed by atoms with Gasteiger partial charge in [-0.3, -0.25) is 14.9 Å². The first kappa shape index (κ1) is 15.0. The quantitative estimate of drug-likeness (QED) is 0.650. The summed E-state index contributed by atoms with van der Waals surface area (Å²) >= 11 is 0. The number of amides is 1. The molecule has 1 amide bonds. The summed E-state index contributed by atoms with van der Waals surface area (Å²) in [6.07, 6.45) is -0.213. The fourth-order valence-corrected chi connectivity index (χ4v) is 1.52. The van der Waals surface area contributed by atoms with Gasteiger partial charge in [0.1, 0.15) is 11.4 Å². The summed E-state index contributed by atoms with van der Waals surface area (Å²) in [5.41, 5.74) is -0.728. The van der Waals surface area contributed by atoms with Crippen LogP contribution in [0.3, 0.4) is 0 Å². The summed E-state index contributed by atoms with van der Waals surface area (Å²) in [4.78, 5) is 23.3. The summed E-state index contributed by atoms with van der Waals surface area (Å²) in [5, 5.41) is 19.9. The van der Waals surface area contributed by atoms with E-state index in [9.17, 15) is 19.3 Å². The Morgan fingerprint density at radius 2 is 2.21 bits per heavy atom. The highest BCUT2D eigenvalue weighted by molar-refractivity contribution is 5.97. The van der Waals surface area contributed by atoms with Crippen molar-refractivity contribution in [3.05, 3.63) is 39.7 Å². The molecule has 0 aliphatic heterocycles. The molecule has 0 heterocycles. The lowest BCUT2D eigenvalue weighted by molar-refractivity contribution is -0.385. The van der Waals surface area contributed by atoms with Gasteiger partial charge in [-0.25, -0.2) is 4.39 Å². The maximum atomic E-state index is 13.0. The molecule has 1 aromatic rings. The third kappa shape index (κ3) is 3.99. The predicted octanol–water partition coefficient (Wildman–Crippen LogP) is 1.58. The van der Waals surface area contributed by atoms with Gasteiger partial charge >= 0.3 is 0 Å². The molecule has 0 spiro atoms. The fraction of sp³-hybridized carbons (Fsp3) is 0.417. The second-order valence-electron chi connectivity index (χ2n) is 4.28. The lowest BCUT2D eigenvalue weighted by Crippen LogP contribution is -2.30. The molecule has 19 heavy (non-hydrogen) atoms. The lowest BCUT2D eigenvalue weighted by atomic mass is 10.1. The molecule has 0 aromatic heterocycles. The number of benzene rings is 1. The van der Waals surface area contributed by atoms with E-state index in [4.69, 9.17) is 5.11 Å². The summed E-state index contributed by atoms with van der Waals surface area (Å²) in [6.45, 7) is 1.84. The molecule has 0 radical (unpaired) electrons. The molecule has 1 atom stereocenters. The fourth-order valence-electron chi connectivity index (χ4n) is 1.52. The summed E-state index contributed by atoms with van der Waals surface area (Å²) in [6, 6.07) is 2.81. The first-order chi connectivity index (χ1) is 8.82. The topological polar surface area (TPSA) is 83.7 Å². The summed E-state index contributed by atoms with van der Waals surface area (Å²) in [5.74, 6) is -1.35. The van der Waals surface area contributed by atoms with Crippen molar-refractivity contribution < 1.29 is 19.2 Å². The van der Waals surface area contributed by atoms with E-state index in [1.807, 2.05) is 0 Å². The third-order valence-electron chi connectivity index (χ3n) is 2.62. The number of nitro groups is 1. The van der Waals surface area contributed by atoms with Gasteiger partial charge in [-0.2, -0.15) is 0 Å². The van der Waals surface area contributed by atoms with Crippen molar-refractivity contribution in [3.8, 4) is 0 Å². The number of carbonyl (C=O) groups is 1. The van der Waals surface area contributed by atoms with E-state index in [0.29, 0.717) is 6.42 Å². The maximum Gasteiger partial charge on any atom is 0.285 e. The minimum atomic E-state index is -0.793. The van der Waals surface area contributed by atoms with Crippen molar-refractivity contribution in [3.63, 3.8) is 0 Å². The number of hydrogen-bond acceptors (Lipinski definition) is 4. The third-order valence-corrected chi connectivity index (χ3v) is 2.62. The smallest absolute Gasteiger partial charge is 0.285 e. The number of rotatable bonds is 5. The predicted molar refractivity (Wildman–Crippen MR) is 66.3 cm³/mol. The molecule has 6 nitrogen and oxygen atoms in total. The molecule has 104 valence electrons. The van der Waals surface area contributed by atoms with Crippen LogP contribution < -0.4 is 0 Å². The Balaban J connectivity index is 2.96. The highest BCUT2D eigenvalue weighted by atomic mass is 19.1. The molecular weight excluding hydrogens is 255 g/mol. The minimum Gasteiger partial charge on any atom is -0.393 e. The van der Waals surface area contributed by atoms with Gasteiger partial charge in [-0.05, 0) is 25.5 Å². The summed E-state index contributed by atoms with van der Waals surface area (Å²) in [7, 11) is 1.47. The molecule has 0 saturated carbocycles. The number of carbonyl (C=O) groups excluding carboxylic acids is 1. The van der Waals surface area contributed by atoms with Crippen LogP contribution >= 0.6 is 0 Å². The zero-order chi connectivity index (χ0) is 14.6. The van der Waals surface area contributed by atoms with Crippen LogP contribution in [0.15, 0.2) is 18.2 Å². The van der Waals surface area contributed by atoms with E-state index in [2.05, 4.69) is 0 Å². The van der Waals surface area contributed by atoms with Crippen LogP contribution in [0.5, 0.6) is 0 Å². The lowest BCUT2D eigenvalue weighted by Gasteiger charge is -2.17. The Labute approximate surface area is 109 Å². The van der Waals surface area contributed by atoms with E-state index >= 15 is 0 Å². The van der Waals surface area contributed by atoms with Gasteiger partial charge in [0.2, 0.25) is 0 Å². The van der Waals surface area contributed by atoms with Gasteiger partial charge in [-0.15, -0.1) is 0 Å². The Morgan fingerprint density at radius 3 is 2.74 bits per heavy atom. The van der Waals surface area contributed by atoms with Crippen molar-refractivity contribution in [2.75, 3.05) is 13.6 Å². The Hall–Kier alpha value is -2.02. The molecule has 0 bridgehead atoms. The number of nitrogens with zero attached hydrogens (tertiary/aromatic N) is 2. The van der Waals surface area contributed by atoms with Crippen molar-refractivity contribution in [1.82, 2.24) is 4.90 Å². The number of halogens is 1. The van der Waals surface area contributed by atoms with Gasteiger partial charge in [0.15, 0.2) is 0 Å². The summed E-state index contributed by atoms with van der Waals surface area (Å²) < 4.78 is 13.0. The van der Waals surface area contributed by atoms with E-state index in [1.54, 1.807) is 6.92 Å². The highest BCUT2D eigenvalue weighted by Crippen LogP contribution is 2.21. The zero-order valence-corrected chi connectivity index (χ0v) is 10.7. The average Bonchev–Trinajstić information content (AvgIpc) is 2.34. The SMILES string of the molecule is CC(O)CCN(C)C(=O)c1ccc(F)cc1[N+](=O)[O-]. The number of nitro benzene ring substituents is 1.